The summed E-state index contributed by atoms with van der Waals surface area (Å²) in [4.78, 5) is 9.58. The number of aromatic nitrogens is 3. The van der Waals surface area contributed by atoms with Gasteiger partial charge in [0.2, 0.25) is 0 Å². The van der Waals surface area contributed by atoms with E-state index in [0.717, 1.165) is 44.5 Å². The molecule has 1 N–H and O–H groups in total. The van der Waals surface area contributed by atoms with E-state index in [1.807, 2.05) is 54.6 Å². The number of para-hydroxylation sites is 3. The van der Waals surface area contributed by atoms with Crippen LogP contribution in [0.15, 0.2) is 97.2 Å². The number of aromatic hydroxyl groups is 1. The number of rotatable bonds is 4. The fourth-order valence-electron chi connectivity index (χ4n) is 4.97. The molecule has 6 rings (SSSR count). The second-order valence-electron chi connectivity index (χ2n) is 9.22. The summed E-state index contributed by atoms with van der Waals surface area (Å²) in [6.45, 7) is 4.18. The molecule has 0 amide bonds. The summed E-state index contributed by atoms with van der Waals surface area (Å²) >= 11 is 0. The van der Waals surface area contributed by atoms with E-state index < -0.39 is 0 Å². The standard InChI is InChI=1S/C33H23N4O.Pt/c1-21-8-5-9-22(2)32(21)37-29-14-7-13-26(31(29)36-33(37)27-12-3-4-15-30(27)38)24-10-6-11-25(19-24)28-18-23(20-34)16-17-35-28;/h3-18,38H,1-2H3;/q-1;. The SMILES string of the molecule is Cc1cccc(C)c1-n1c(-c2ccccc2O)nc2c(-c3[c-]c(-c4cc(C#N)ccn4)ccc3)cccc21.[Pt]. The van der Waals surface area contributed by atoms with Crippen molar-refractivity contribution in [3.63, 3.8) is 0 Å². The third kappa shape index (κ3) is 4.65. The number of nitriles is 1. The summed E-state index contributed by atoms with van der Waals surface area (Å²) in [5, 5.41) is 20.1. The van der Waals surface area contributed by atoms with Gasteiger partial charge in [-0.3, -0.25) is 9.55 Å². The number of phenolic OH excluding ortho intramolecular Hbond substituents is 1. The van der Waals surface area contributed by atoms with E-state index in [0.29, 0.717) is 22.6 Å². The average Bonchev–Trinajstić information content (AvgIpc) is 3.32. The van der Waals surface area contributed by atoms with Gasteiger partial charge in [-0.05, 0) is 49.2 Å². The summed E-state index contributed by atoms with van der Waals surface area (Å²) < 4.78 is 2.14. The van der Waals surface area contributed by atoms with Crippen LogP contribution in [-0.2, 0) is 21.1 Å². The molecular weight excluding hydrogens is 663 g/mol. The van der Waals surface area contributed by atoms with Crippen LogP contribution < -0.4 is 0 Å². The molecule has 0 aliphatic heterocycles. The van der Waals surface area contributed by atoms with E-state index in [-0.39, 0.29) is 26.8 Å². The minimum Gasteiger partial charge on any atom is -0.507 e. The van der Waals surface area contributed by atoms with Crippen LogP contribution in [0.25, 0.3) is 50.5 Å². The first-order chi connectivity index (χ1) is 18.5. The quantitative estimate of drug-likeness (QED) is 0.196. The third-order valence-electron chi connectivity index (χ3n) is 6.74. The van der Waals surface area contributed by atoms with Crippen LogP contribution in [-0.4, -0.2) is 19.6 Å². The van der Waals surface area contributed by atoms with Crippen LogP contribution in [0.5, 0.6) is 5.75 Å². The van der Waals surface area contributed by atoms with Crippen molar-refractivity contribution in [1.82, 2.24) is 14.5 Å². The van der Waals surface area contributed by atoms with E-state index >= 15 is 0 Å². The second-order valence-corrected chi connectivity index (χ2v) is 9.22. The molecule has 192 valence electrons. The summed E-state index contributed by atoms with van der Waals surface area (Å²) in [5.74, 6) is 0.844. The Bertz CT molecular complexity index is 1860. The van der Waals surface area contributed by atoms with Crippen molar-refractivity contribution in [3.05, 3.63) is 120 Å². The number of imidazole rings is 1. The van der Waals surface area contributed by atoms with Crippen molar-refractivity contribution in [2.45, 2.75) is 13.8 Å². The number of hydrogen-bond acceptors (Lipinski definition) is 4. The van der Waals surface area contributed by atoms with Crippen molar-refractivity contribution in [2.75, 3.05) is 0 Å². The number of aryl methyl sites for hydroxylation is 2. The minimum absolute atomic E-state index is 0. The van der Waals surface area contributed by atoms with Crippen molar-refractivity contribution in [1.29, 1.82) is 5.26 Å². The Kier molecular flexibility index (Phi) is 7.15. The first-order valence-corrected chi connectivity index (χ1v) is 12.3. The van der Waals surface area contributed by atoms with Gasteiger partial charge < -0.3 is 5.11 Å². The van der Waals surface area contributed by atoms with Gasteiger partial charge >= 0.3 is 0 Å². The molecule has 0 bridgehead atoms. The van der Waals surface area contributed by atoms with Crippen molar-refractivity contribution in [2.24, 2.45) is 0 Å². The van der Waals surface area contributed by atoms with Gasteiger partial charge in [0.25, 0.3) is 0 Å². The van der Waals surface area contributed by atoms with Crippen LogP contribution in [0.1, 0.15) is 16.7 Å². The van der Waals surface area contributed by atoms with Gasteiger partial charge in [-0.25, -0.2) is 4.98 Å². The molecule has 0 fully saturated rings. The van der Waals surface area contributed by atoms with Crippen LogP contribution >= 0.6 is 0 Å². The van der Waals surface area contributed by atoms with E-state index in [1.165, 1.54) is 0 Å². The average molecular weight is 687 g/mol. The van der Waals surface area contributed by atoms with E-state index in [2.05, 4.69) is 53.7 Å². The Morgan fingerprint density at radius 3 is 2.28 bits per heavy atom. The van der Waals surface area contributed by atoms with E-state index in [1.54, 1.807) is 24.4 Å². The van der Waals surface area contributed by atoms with Crippen LogP contribution in [0.4, 0.5) is 0 Å². The van der Waals surface area contributed by atoms with Crippen molar-refractivity contribution < 1.29 is 26.2 Å². The van der Waals surface area contributed by atoms with E-state index in [4.69, 9.17) is 4.98 Å². The van der Waals surface area contributed by atoms with Crippen molar-refractivity contribution >= 4 is 11.0 Å². The maximum absolute atomic E-state index is 10.8. The molecule has 0 atom stereocenters. The molecule has 0 aliphatic rings. The second kappa shape index (κ2) is 10.7. The fourth-order valence-corrected chi connectivity index (χ4v) is 4.97. The smallest absolute Gasteiger partial charge is 0.148 e. The summed E-state index contributed by atoms with van der Waals surface area (Å²) in [5.41, 5.74) is 9.49. The number of benzene rings is 4. The zero-order valence-electron chi connectivity index (χ0n) is 21.3. The van der Waals surface area contributed by atoms with Crippen LogP contribution in [0.3, 0.4) is 0 Å². The maximum atomic E-state index is 10.8. The number of hydrogen-bond donors (Lipinski definition) is 1. The molecule has 5 nitrogen and oxygen atoms in total. The number of nitrogens with zero attached hydrogens (tertiary/aromatic N) is 4. The summed E-state index contributed by atoms with van der Waals surface area (Å²) in [6, 6.07) is 34.7. The van der Waals surface area contributed by atoms with Gasteiger partial charge in [-0.15, -0.1) is 29.8 Å². The number of pyridine rings is 1. The third-order valence-corrected chi connectivity index (χ3v) is 6.74. The molecule has 0 aliphatic carbocycles. The first kappa shape index (κ1) is 26.1. The Morgan fingerprint density at radius 1 is 0.821 bits per heavy atom. The zero-order chi connectivity index (χ0) is 26.2. The zero-order valence-corrected chi connectivity index (χ0v) is 23.6. The molecule has 6 aromatic rings. The normalized spacial score (nSPS) is 10.7. The van der Waals surface area contributed by atoms with Gasteiger partial charge in [0.15, 0.2) is 0 Å². The van der Waals surface area contributed by atoms with Gasteiger partial charge in [0.05, 0.1) is 28.4 Å². The predicted octanol–water partition coefficient (Wildman–Crippen LogP) is 7.41. The molecular formula is C33H23N4OPt-. The number of phenols is 1. The minimum atomic E-state index is 0. The molecule has 4 aromatic carbocycles. The maximum Gasteiger partial charge on any atom is 0.148 e. The first-order valence-electron chi connectivity index (χ1n) is 12.3. The monoisotopic (exact) mass is 686 g/mol. The Balaban J connectivity index is 0.00000308. The molecule has 2 aromatic heterocycles. The van der Waals surface area contributed by atoms with Crippen molar-refractivity contribution in [3.8, 4) is 51.3 Å². The van der Waals surface area contributed by atoms with Gasteiger partial charge in [-0.1, -0.05) is 59.7 Å². The molecule has 0 unspecified atom stereocenters. The molecule has 0 radical (unpaired) electrons. The summed E-state index contributed by atoms with van der Waals surface area (Å²) in [7, 11) is 0. The van der Waals surface area contributed by atoms with Gasteiger partial charge in [-0.2, -0.15) is 5.26 Å². The van der Waals surface area contributed by atoms with Crippen LogP contribution in [0, 0.1) is 31.2 Å². The molecule has 6 heteroatoms. The molecule has 0 saturated carbocycles. The molecule has 2 heterocycles. The number of fused-ring (bicyclic) bond motifs is 1. The molecule has 0 saturated heterocycles. The fraction of sp³-hybridized carbons (Fsp3) is 0.0606. The predicted molar refractivity (Wildman–Crippen MR) is 150 cm³/mol. The molecule has 39 heavy (non-hydrogen) atoms. The topological polar surface area (TPSA) is 74.7 Å². The van der Waals surface area contributed by atoms with Gasteiger partial charge in [0, 0.05) is 38.5 Å². The Morgan fingerprint density at radius 2 is 1.51 bits per heavy atom. The molecule has 0 spiro atoms. The van der Waals surface area contributed by atoms with E-state index in [9.17, 15) is 10.4 Å². The van der Waals surface area contributed by atoms with Crippen LogP contribution in [0.2, 0.25) is 0 Å². The van der Waals surface area contributed by atoms with Gasteiger partial charge in [0.1, 0.15) is 11.6 Å². The largest absolute Gasteiger partial charge is 0.507 e. The Hall–Kier alpha value is -4.52. The Labute approximate surface area is 241 Å². The summed E-state index contributed by atoms with van der Waals surface area (Å²) in [6.07, 6.45) is 1.64.